The Kier molecular flexibility index (Phi) is 6.72. The molecular formula is C19H27BrN2Sn. The van der Waals surface area contributed by atoms with Crippen molar-refractivity contribution in [2.24, 2.45) is 0 Å². The van der Waals surface area contributed by atoms with E-state index in [-0.39, 0.29) is 0 Å². The van der Waals surface area contributed by atoms with Gasteiger partial charge in [0.05, 0.1) is 0 Å². The van der Waals surface area contributed by atoms with Crippen LogP contribution in [-0.4, -0.2) is 54.1 Å². The van der Waals surface area contributed by atoms with Gasteiger partial charge in [0.1, 0.15) is 0 Å². The minimum absolute atomic E-state index is 0.990. The molecule has 0 spiro atoms. The number of benzene rings is 2. The summed E-state index contributed by atoms with van der Waals surface area (Å²) in [5.41, 5.74) is 2.90. The fraction of sp³-hybridized carbons (Fsp3) is 0.368. The van der Waals surface area contributed by atoms with E-state index in [2.05, 4.69) is 104 Å². The zero-order valence-electron chi connectivity index (χ0n) is 14.8. The van der Waals surface area contributed by atoms with E-state index in [1.807, 2.05) is 0 Å². The first-order valence-corrected chi connectivity index (χ1v) is 20.1. The summed E-state index contributed by atoms with van der Waals surface area (Å²) in [6, 6.07) is 17.9. The first-order chi connectivity index (χ1) is 10.8. The summed E-state index contributed by atoms with van der Waals surface area (Å²) < 4.78 is 3.09. The summed E-state index contributed by atoms with van der Waals surface area (Å²) in [5, 5.41) is 0. The molecule has 2 aromatic carbocycles. The van der Waals surface area contributed by atoms with Crippen LogP contribution in [0.1, 0.15) is 11.1 Å². The molecule has 0 radical (unpaired) electrons. The Labute approximate surface area is 151 Å². The van der Waals surface area contributed by atoms with Crippen molar-refractivity contribution in [1.29, 1.82) is 0 Å². The van der Waals surface area contributed by atoms with Crippen molar-refractivity contribution < 1.29 is 0 Å². The molecule has 0 atom stereocenters. The van der Waals surface area contributed by atoms with Gasteiger partial charge >= 0.3 is 152 Å². The molecule has 0 aromatic heterocycles. The van der Waals surface area contributed by atoms with Gasteiger partial charge in [0.15, 0.2) is 0 Å². The van der Waals surface area contributed by atoms with Crippen molar-refractivity contribution in [2.45, 2.75) is 18.0 Å². The van der Waals surface area contributed by atoms with Gasteiger partial charge in [-0.1, -0.05) is 0 Å². The van der Waals surface area contributed by atoms with E-state index in [0.717, 1.165) is 13.1 Å². The van der Waals surface area contributed by atoms with Crippen molar-refractivity contribution in [3.8, 4) is 0 Å². The van der Waals surface area contributed by atoms with Gasteiger partial charge in [-0.25, -0.2) is 0 Å². The van der Waals surface area contributed by atoms with Gasteiger partial charge in [0, 0.05) is 0 Å². The van der Waals surface area contributed by atoms with Gasteiger partial charge < -0.3 is 0 Å². The monoisotopic (exact) mass is 482 g/mol. The Bertz CT molecular complexity index is 598. The predicted molar refractivity (Wildman–Crippen MR) is 107 cm³/mol. The van der Waals surface area contributed by atoms with Gasteiger partial charge in [0.2, 0.25) is 0 Å². The first-order valence-electron chi connectivity index (χ1n) is 7.97. The van der Waals surface area contributed by atoms with Crippen LogP contribution in [0.4, 0.5) is 0 Å². The van der Waals surface area contributed by atoms with E-state index in [1.54, 1.807) is 7.16 Å². The average Bonchev–Trinajstić information content (AvgIpc) is 2.46. The third-order valence-electron chi connectivity index (χ3n) is 4.02. The van der Waals surface area contributed by atoms with Crippen LogP contribution in [0.2, 0.25) is 4.94 Å². The summed E-state index contributed by atoms with van der Waals surface area (Å²) in [6.07, 6.45) is 0. The number of hydrogen-bond donors (Lipinski definition) is 0. The molecule has 4 heteroatoms. The molecule has 2 rings (SSSR count). The molecule has 0 amide bonds. The fourth-order valence-electron chi connectivity index (χ4n) is 3.06. The van der Waals surface area contributed by atoms with E-state index in [0.29, 0.717) is 0 Å². The van der Waals surface area contributed by atoms with Gasteiger partial charge in [0.25, 0.3) is 0 Å². The Hall–Kier alpha value is -0.361. The van der Waals surface area contributed by atoms with Crippen LogP contribution in [-0.2, 0) is 13.1 Å². The van der Waals surface area contributed by atoms with Crippen LogP contribution in [0.3, 0.4) is 0 Å². The molecule has 0 saturated heterocycles. The molecule has 2 nitrogen and oxygen atoms in total. The Balaban J connectivity index is 2.51. The molecule has 2 aromatic rings. The Morgan fingerprint density at radius 3 is 1.43 bits per heavy atom. The maximum atomic E-state index is 4.25. The van der Waals surface area contributed by atoms with Crippen LogP contribution in [0.5, 0.6) is 0 Å². The molecule has 0 aliphatic rings. The minimum atomic E-state index is -2.80. The van der Waals surface area contributed by atoms with Crippen molar-refractivity contribution >= 4 is 36.0 Å². The van der Waals surface area contributed by atoms with Crippen LogP contribution < -0.4 is 7.16 Å². The zero-order chi connectivity index (χ0) is 17.0. The summed E-state index contributed by atoms with van der Waals surface area (Å²) in [4.78, 5) is 6.97. The van der Waals surface area contributed by atoms with Crippen LogP contribution in [0.25, 0.3) is 0 Å². The van der Waals surface area contributed by atoms with Crippen molar-refractivity contribution in [3.05, 3.63) is 59.7 Å². The van der Waals surface area contributed by atoms with Gasteiger partial charge in [-0.05, 0) is 0 Å². The molecule has 0 bridgehead atoms. The van der Waals surface area contributed by atoms with E-state index in [9.17, 15) is 0 Å². The summed E-state index contributed by atoms with van der Waals surface area (Å²) >= 11 is 1.45. The normalized spacial score (nSPS) is 12.2. The molecule has 0 heterocycles. The van der Waals surface area contributed by atoms with E-state index < -0.39 is 16.2 Å². The number of nitrogens with zero attached hydrogens (tertiary/aromatic N) is 2. The Morgan fingerprint density at radius 2 is 1.09 bits per heavy atom. The molecule has 0 unspecified atom stereocenters. The van der Waals surface area contributed by atoms with E-state index >= 15 is 0 Å². The Morgan fingerprint density at radius 1 is 0.739 bits per heavy atom. The molecule has 0 N–H and O–H groups in total. The third-order valence-corrected chi connectivity index (χ3v) is 18.3. The molecule has 124 valence electrons. The van der Waals surface area contributed by atoms with Crippen molar-refractivity contribution in [2.75, 3.05) is 28.2 Å². The predicted octanol–water partition coefficient (Wildman–Crippen LogP) is 2.89. The van der Waals surface area contributed by atoms with Crippen molar-refractivity contribution in [1.82, 2.24) is 9.80 Å². The van der Waals surface area contributed by atoms with Gasteiger partial charge in [-0.15, -0.1) is 0 Å². The number of halogens is 1. The summed E-state index contributed by atoms with van der Waals surface area (Å²) in [6.45, 7) is 1.98. The van der Waals surface area contributed by atoms with E-state index in [4.69, 9.17) is 0 Å². The second kappa shape index (κ2) is 8.15. The maximum absolute atomic E-state index is 4.25. The molecule has 0 aliphatic heterocycles. The third kappa shape index (κ3) is 4.81. The summed E-state index contributed by atoms with van der Waals surface area (Å²) in [5.74, 6) is 0. The fourth-order valence-corrected chi connectivity index (χ4v) is 15.8. The molecule has 23 heavy (non-hydrogen) atoms. The standard InChI is InChI=1S/2C9H12N.CH3.BrH.Sn/c2*1-10(2)8-9-6-4-3-5-7-9;;;/h2*3-6H,8H2,1-2H3;1H3;1H;/q;;;;+1/p-1. The van der Waals surface area contributed by atoms with Gasteiger partial charge in [-0.3, -0.25) is 0 Å². The quantitative estimate of drug-likeness (QED) is 0.585. The molecule has 0 fully saturated rings. The van der Waals surface area contributed by atoms with E-state index in [1.165, 1.54) is 11.1 Å². The van der Waals surface area contributed by atoms with Crippen LogP contribution in [0.15, 0.2) is 48.5 Å². The molecular weight excluding hydrogens is 455 g/mol. The second-order valence-corrected chi connectivity index (χ2v) is 26.2. The van der Waals surface area contributed by atoms with Gasteiger partial charge in [-0.2, -0.15) is 0 Å². The number of hydrogen-bond acceptors (Lipinski definition) is 2. The SMILES string of the molecule is CN(C)Cc1cccc[c]1[Sn]([CH3])([Br])[c]1ccccc1CN(C)C. The first kappa shape index (κ1) is 19.0. The van der Waals surface area contributed by atoms with Crippen LogP contribution >= 0.6 is 12.7 Å². The zero-order valence-corrected chi connectivity index (χ0v) is 19.2. The topological polar surface area (TPSA) is 6.48 Å². The molecule has 0 saturated carbocycles. The van der Waals surface area contributed by atoms with Crippen molar-refractivity contribution in [3.63, 3.8) is 0 Å². The second-order valence-electron chi connectivity index (χ2n) is 6.79. The van der Waals surface area contributed by atoms with Crippen LogP contribution in [0, 0.1) is 0 Å². The molecule has 0 aliphatic carbocycles. The number of rotatable bonds is 6. The average molecular weight is 482 g/mol. The summed E-state index contributed by atoms with van der Waals surface area (Å²) in [7, 11) is 8.55.